The average molecular weight is 307 g/mol. The zero-order valence-electron chi connectivity index (χ0n) is 13.3. The van der Waals surface area contributed by atoms with Crippen molar-refractivity contribution in [3.8, 4) is 33.4 Å². The molecule has 0 spiro atoms. The Morgan fingerprint density at radius 3 is 1.67 bits per heavy atom. The fourth-order valence-electron chi connectivity index (χ4n) is 2.99. The van der Waals surface area contributed by atoms with E-state index in [1.165, 1.54) is 33.4 Å². The fourth-order valence-corrected chi connectivity index (χ4v) is 2.99. The van der Waals surface area contributed by atoms with Gasteiger partial charge in [-0.15, -0.1) is 0 Å². The highest BCUT2D eigenvalue weighted by Gasteiger charge is 2.09. The molecule has 1 heteroatoms. The molecule has 4 rings (SSSR count). The highest BCUT2D eigenvalue weighted by Crippen LogP contribution is 2.35. The molecule has 0 atom stereocenters. The number of hydrogen-bond acceptors (Lipinski definition) is 1. The van der Waals surface area contributed by atoms with Gasteiger partial charge < -0.3 is 0 Å². The number of rotatable bonds is 3. The van der Waals surface area contributed by atoms with Gasteiger partial charge in [-0.2, -0.15) is 0 Å². The second-order valence-corrected chi connectivity index (χ2v) is 5.73. The monoisotopic (exact) mass is 307 g/mol. The molecule has 0 saturated carbocycles. The minimum atomic E-state index is 1.18. The van der Waals surface area contributed by atoms with Crippen LogP contribution in [-0.4, -0.2) is 4.98 Å². The summed E-state index contributed by atoms with van der Waals surface area (Å²) in [4.78, 5) is 4.15. The largest absolute Gasteiger partial charge is 0.265 e. The molecule has 24 heavy (non-hydrogen) atoms. The molecule has 0 aliphatic carbocycles. The van der Waals surface area contributed by atoms with E-state index in [-0.39, 0.29) is 0 Å². The predicted octanol–water partition coefficient (Wildman–Crippen LogP) is 6.08. The molecule has 1 nitrogen and oxygen atoms in total. The van der Waals surface area contributed by atoms with Crippen molar-refractivity contribution in [2.24, 2.45) is 0 Å². The molecule has 0 aliphatic rings. The van der Waals surface area contributed by atoms with Crippen LogP contribution in [0.5, 0.6) is 0 Å². The zero-order valence-corrected chi connectivity index (χ0v) is 13.3. The van der Waals surface area contributed by atoms with Crippen LogP contribution in [0.4, 0.5) is 0 Å². The normalized spacial score (nSPS) is 10.5. The molecular formula is C23H17N. The van der Waals surface area contributed by atoms with Gasteiger partial charge in [-0.25, -0.2) is 0 Å². The Balaban J connectivity index is 1.92. The van der Waals surface area contributed by atoms with Gasteiger partial charge >= 0.3 is 0 Å². The standard InChI is InChI=1S/C23H17N/c1-3-7-18(8-4-1)21-11-12-22(19-9-5-2-6-10-19)23(17-21)20-13-15-24-16-14-20/h1-17H. The van der Waals surface area contributed by atoms with Crippen LogP contribution < -0.4 is 0 Å². The molecule has 114 valence electrons. The van der Waals surface area contributed by atoms with Crippen LogP contribution in [0.25, 0.3) is 33.4 Å². The third-order valence-electron chi connectivity index (χ3n) is 4.20. The van der Waals surface area contributed by atoms with Crippen LogP contribution in [0.15, 0.2) is 103 Å². The Labute approximate surface area is 142 Å². The van der Waals surface area contributed by atoms with Gasteiger partial charge in [0, 0.05) is 12.4 Å². The third-order valence-corrected chi connectivity index (χ3v) is 4.20. The summed E-state index contributed by atoms with van der Waals surface area (Å²) in [5, 5.41) is 0. The molecule has 4 aromatic rings. The smallest absolute Gasteiger partial charge is 0.0273 e. The van der Waals surface area contributed by atoms with E-state index in [2.05, 4.69) is 83.8 Å². The summed E-state index contributed by atoms with van der Waals surface area (Å²) in [6.45, 7) is 0. The zero-order chi connectivity index (χ0) is 16.2. The Hall–Kier alpha value is -3.19. The highest BCUT2D eigenvalue weighted by molar-refractivity contribution is 5.86. The Bertz CT molecular complexity index is 929. The van der Waals surface area contributed by atoms with E-state index in [0.29, 0.717) is 0 Å². The molecule has 0 aliphatic heterocycles. The molecule has 0 unspecified atom stereocenters. The van der Waals surface area contributed by atoms with Crippen LogP contribution in [0.3, 0.4) is 0 Å². The van der Waals surface area contributed by atoms with Gasteiger partial charge in [0.25, 0.3) is 0 Å². The summed E-state index contributed by atoms with van der Waals surface area (Å²) in [6, 6.07) is 31.8. The van der Waals surface area contributed by atoms with E-state index in [4.69, 9.17) is 0 Å². The summed E-state index contributed by atoms with van der Waals surface area (Å²) < 4.78 is 0. The van der Waals surface area contributed by atoms with Gasteiger partial charge in [-0.3, -0.25) is 4.98 Å². The molecule has 1 aromatic heterocycles. The number of nitrogens with zero attached hydrogens (tertiary/aromatic N) is 1. The van der Waals surface area contributed by atoms with Gasteiger partial charge in [-0.1, -0.05) is 72.8 Å². The minimum absolute atomic E-state index is 1.18. The first-order valence-corrected chi connectivity index (χ1v) is 8.07. The molecule has 0 radical (unpaired) electrons. The van der Waals surface area contributed by atoms with Crippen molar-refractivity contribution in [1.82, 2.24) is 4.98 Å². The molecular weight excluding hydrogens is 290 g/mol. The van der Waals surface area contributed by atoms with E-state index in [9.17, 15) is 0 Å². The molecule has 0 N–H and O–H groups in total. The Morgan fingerprint density at radius 1 is 0.417 bits per heavy atom. The van der Waals surface area contributed by atoms with Crippen molar-refractivity contribution in [2.45, 2.75) is 0 Å². The first kappa shape index (κ1) is 14.4. The maximum Gasteiger partial charge on any atom is 0.0273 e. The van der Waals surface area contributed by atoms with E-state index in [1.54, 1.807) is 0 Å². The minimum Gasteiger partial charge on any atom is -0.265 e. The van der Waals surface area contributed by atoms with Crippen molar-refractivity contribution >= 4 is 0 Å². The summed E-state index contributed by atoms with van der Waals surface area (Å²) in [7, 11) is 0. The lowest BCUT2D eigenvalue weighted by Gasteiger charge is -2.13. The molecule has 1 heterocycles. The lowest BCUT2D eigenvalue weighted by Crippen LogP contribution is -1.88. The van der Waals surface area contributed by atoms with Crippen LogP contribution in [0.1, 0.15) is 0 Å². The lowest BCUT2D eigenvalue weighted by atomic mass is 9.91. The molecule has 0 amide bonds. The highest BCUT2D eigenvalue weighted by atomic mass is 14.6. The van der Waals surface area contributed by atoms with E-state index >= 15 is 0 Å². The second kappa shape index (κ2) is 6.51. The molecule has 0 bridgehead atoms. The van der Waals surface area contributed by atoms with Gasteiger partial charge in [0.15, 0.2) is 0 Å². The van der Waals surface area contributed by atoms with E-state index < -0.39 is 0 Å². The maximum absolute atomic E-state index is 4.15. The average Bonchev–Trinajstić information content (AvgIpc) is 2.69. The predicted molar refractivity (Wildman–Crippen MR) is 101 cm³/mol. The number of aromatic nitrogens is 1. The van der Waals surface area contributed by atoms with Crippen molar-refractivity contribution in [2.75, 3.05) is 0 Å². The van der Waals surface area contributed by atoms with E-state index in [1.807, 2.05) is 24.5 Å². The van der Waals surface area contributed by atoms with Gasteiger partial charge in [-0.05, 0) is 51.6 Å². The second-order valence-electron chi connectivity index (χ2n) is 5.73. The van der Waals surface area contributed by atoms with E-state index in [0.717, 1.165) is 0 Å². The van der Waals surface area contributed by atoms with Crippen molar-refractivity contribution in [3.63, 3.8) is 0 Å². The lowest BCUT2D eigenvalue weighted by molar-refractivity contribution is 1.33. The number of pyridine rings is 1. The van der Waals surface area contributed by atoms with Gasteiger partial charge in [0.1, 0.15) is 0 Å². The SMILES string of the molecule is c1ccc(-c2ccc(-c3ccccc3)c(-c3ccncc3)c2)cc1. The molecule has 3 aromatic carbocycles. The first-order chi connectivity index (χ1) is 11.9. The first-order valence-electron chi connectivity index (χ1n) is 8.07. The van der Waals surface area contributed by atoms with Gasteiger partial charge in [0.2, 0.25) is 0 Å². The summed E-state index contributed by atoms with van der Waals surface area (Å²) in [6.07, 6.45) is 3.69. The Kier molecular flexibility index (Phi) is 3.91. The van der Waals surface area contributed by atoms with Crippen molar-refractivity contribution < 1.29 is 0 Å². The summed E-state index contributed by atoms with van der Waals surface area (Å²) in [5.41, 5.74) is 7.33. The summed E-state index contributed by atoms with van der Waals surface area (Å²) in [5.74, 6) is 0. The van der Waals surface area contributed by atoms with Crippen LogP contribution >= 0.6 is 0 Å². The van der Waals surface area contributed by atoms with Crippen LogP contribution in [0, 0.1) is 0 Å². The number of hydrogen-bond donors (Lipinski definition) is 0. The summed E-state index contributed by atoms with van der Waals surface area (Å²) >= 11 is 0. The maximum atomic E-state index is 4.15. The molecule has 0 fully saturated rings. The number of benzene rings is 3. The quantitative estimate of drug-likeness (QED) is 0.447. The van der Waals surface area contributed by atoms with Crippen molar-refractivity contribution in [1.29, 1.82) is 0 Å². The molecule has 0 saturated heterocycles. The van der Waals surface area contributed by atoms with Crippen LogP contribution in [0.2, 0.25) is 0 Å². The van der Waals surface area contributed by atoms with Gasteiger partial charge in [0.05, 0.1) is 0 Å². The fraction of sp³-hybridized carbons (Fsp3) is 0. The third kappa shape index (κ3) is 2.84. The van der Waals surface area contributed by atoms with Crippen molar-refractivity contribution in [3.05, 3.63) is 103 Å². The van der Waals surface area contributed by atoms with Crippen LogP contribution in [-0.2, 0) is 0 Å². The topological polar surface area (TPSA) is 12.9 Å². The Morgan fingerprint density at radius 2 is 1.00 bits per heavy atom.